The quantitative estimate of drug-likeness (QED) is 0.482. The normalized spacial score (nSPS) is 12.4. The van der Waals surface area contributed by atoms with Gasteiger partial charge in [0.25, 0.3) is 0 Å². The summed E-state index contributed by atoms with van der Waals surface area (Å²) in [6.45, 7) is 1.23. The number of esters is 1. The number of carbonyl (C=O) groups excluding carboxylic acids is 1. The largest absolute Gasteiger partial charge is 0.425 e. The van der Waals surface area contributed by atoms with Crippen LogP contribution in [0.15, 0.2) is 60.7 Å². The summed E-state index contributed by atoms with van der Waals surface area (Å²) in [6, 6.07) is 16.2. The van der Waals surface area contributed by atoms with Crippen LogP contribution in [-0.2, 0) is 14.9 Å². The molecule has 0 fully saturated rings. The molecule has 0 radical (unpaired) electrons. The molecule has 0 unspecified atom stereocenters. The van der Waals surface area contributed by atoms with E-state index in [0.717, 1.165) is 0 Å². The first-order valence-electron chi connectivity index (χ1n) is 6.24. The van der Waals surface area contributed by atoms with Crippen LogP contribution in [0.4, 0.5) is 0 Å². The minimum Gasteiger partial charge on any atom is -0.425 e. The van der Waals surface area contributed by atoms with Crippen molar-refractivity contribution in [3.63, 3.8) is 0 Å². The van der Waals surface area contributed by atoms with Crippen LogP contribution in [0.1, 0.15) is 6.92 Å². The van der Waals surface area contributed by atoms with Crippen molar-refractivity contribution in [2.24, 2.45) is 0 Å². The Labute approximate surface area is 123 Å². The second kappa shape index (κ2) is 6.41. The lowest BCUT2D eigenvalue weighted by molar-refractivity contribution is -0.133. The molecule has 0 aromatic heterocycles. The van der Waals surface area contributed by atoms with Crippen LogP contribution in [0.2, 0.25) is 0 Å². The van der Waals surface area contributed by atoms with Crippen molar-refractivity contribution in [1.29, 1.82) is 0 Å². The average Bonchev–Trinajstić information content (AvgIpc) is 2.48. The van der Waals surface area contributed by atoms with Crippen molar-refractivity contribution < 1.29 is 22.1 Å². The standard InChI is InChI=1S/C15H14O5S/c1-12(15(16)19-13-8-4-2-5-9-13)21(17,18)20-14-10-6-3-7-11-14/h2-12H,1H3/t12-/m0/s1. The summed E-state index contributed by atoms with van der Waals surface area (Å²) >= 11 is 0. The SMILES string of the molecule is C[C@@H](C(=O)Oc1ccccc1)S(=O)(=O)Oc1ccccc1. The summed E-state index contributed by atoms with van der Waals surface area (Å²) in [4.78, 5) is 11.9. The summed E-state index contributed by atoms with van der Waals surface area (Å²) in [5.41, 5.74) is 0. The van der Waals surface area contributed by atoms with Gasteiger partial charge < -0.3 is 8.92 Å². The van der Waals surface area contributed by atoms with E-state index in [2.05, 4.69) is 0 Å². The highest BCUT2D eigenvalue weighted by Crippen LogP contribution is 2.16. The van der Waals surface area contributed by atoms with Crippen molar-refractivity contribution in [1.82, 2.24) is 0 Å². The van der Waals surface area contributed by atoms with E-state index in [4.69, 9.17) is 8.92 Å². The van der Waals surface area contributed by atoms with Gasteiger partial charge in [-0.2, -0.15) is 8.42 Å². The molecule has 2 rings (SSSR count). The van der Waals surface area contributed by atoms with Crippen LogP contribution < -0.4 is 8.92 Å². The second-order valence-electron chi connectivity index (χ2n) is 4.27. The summed E-state index contributed by atoms with van der Waals surface area (Å²) in [6.07, 6.45) is 0. The molecule has 21 heavy (non-hydrogen) atoms. The van der Waals surface area contributed by atoms with E-state index >= 15 is 0 Å². The number of rotatable bonds is 5. The number of carbonyl (C=O) groups is 1. The topological polar surface area (TPSA) is 69.7 Å². The van der Waals surface area contributed by atoms with E-state index in [-0.39, 0.29) is 11.5 Å². The Morgan fingerprint density at radius 3 is 1.90 bits per heavy atom. The average molecular weight is 306 g/mol. The molecule has 0 saturated heterocycles. The molecule has 2 aromatic rings. The maximum Gasteiger partial charge on any atom is 0.333 e. The van der Waals surface area contributed by atoms with Crippen LogP contribution in [0.5, 0.6) is 11.5 Å². The van der Waals surface area contributed by atoms with Gasteiger partial charge in [-0.25, -0.2) is 0 Å². The Balaban J connectivity index is 2.07. The molecule has 5 nitrogen and oxygen atoms in total. The summed E-state index contributed by atoms with van der Waals surface area (Å²) in [5, 5.41) is -1.43. The molecule has 0 saturated carbocycles. The Morgan fingerprint density at radius 1 is 0.905 bits per heavy atom. The fraction of sp³-hybridized carbons (Fsp3) is 0.133. The fourth-order valence-corrected chi connectivity index (χ4v) is 2.30. The van der Waals surface area contributed by atoms with E-state index in [1.807, 2.05) is 0 Å². The van der Waals surface area contributed by atoms with Gasteiger partial charge in [-0.1, -0.05) is 36.4 Å². The summed E-state index contributed by atoms with van der Waals surface area (Å²) in [5.74, 6) is -0.460. The summed E-state index contributed by atoms with van der Waals surface area (Å²) < 4.78 is 33.9. The van der Waals surface area contributed by atoms with Crippen molar-refractivity contribution in [3.05, 3.63) is 60.7 Å². The maximum atomic E-state index is 12.0. The monoisotopic (exact) mass is 306 g/mol. The van der Waals surface area contributed by atoms with Crippen LogP contribution in [0, 0.1) is 0 Å². The van der Waals surface area contributed by atoms with E-state index in [1.165, 1.54) is 19.1 Å². The van der Waals surface area contributed by atoms with Crippen LogP contribution in [-0.4, -0.2) is 19.6 Å². The highest BCUT2D eigenvalue weighted by molar-refractivity contribution is 7.88. The third-order valence-corrected chi connectivity index (χ3v) is 4.17. The molecule has 6 heteroatoms. The van der Waals surface area contributed by atoms with Gasteiger partial charge in [-0.15, -0.1) is 0 Å². The molecule has 1 atom stereocenters. The zero-order valence-electron chi connectivity index (χ0n) is 11.3. The predicted octanol–water partition coefficient (Wildman–Crippen LogP) is 2.39. The fourth-order valence-electron chi connectivity index (χ4n) is 1.49. The van der Waals surface area contributed by atoms with E-state index < -0.39 is 21.3 Å². The van der Waals surface area contributed by atoms with Gasteiger partial charge in [-0.05, 0) is 31.2 Å². The van der Waals surface area contributed by atoms with Gasteiger partial charge in [0, 0.05) is 0 Å². The molecule has 0 N–H and O–H groups in total. The number of para-hydroxylation sites is 2. The van der Waals surface area contributed by atoms with Gasteiger partial charge in [-0.3, -0.25) is 4.79 Å². The zero-order chi connectivity index (χ0) is 15.3. The first kappa shape index (κ1) is 15.1. The molecule has 0 aliphatic carbocycles. The first-order chi connectivity index (χ1) is 9.99. The lowest BCUT2D eigenvalue weighted by atomic mass is 10.3. The van der Waals surface area contributed by atoms with E-state index in [0.29, 0.717) is 0 Å². The summed E-state index contributed by atoms with van der Waals surface area (Å²) in [7, 11) is -4.11. The lowest BCUT2D eigenvalue weighted by Gasteiger charge is -2.13. The highest BCUT2D eigenvalue weighted by Gasteiger charge is 2.32. The predicted molar refractivity (Wildman–Crippen MR) is 77.5 cm³/mol. The molecule has 0 spiro atoms. The zero-order valence-corrected chi connectivity index (χ0v) is 12.1. The molecular weight excluding hydrogens is 292 g/mol. The first-order valence-corrected chi connectivity index (χ1v) is 7.71. The molecule has 0 bridgehead atoms. The minimum absolute atomic E-state index is 0.150. The van der Waals surface area contributed by atoms with Gasteiger partial charge in [0.15, 0.2) is 5.25 Å². The minimum atomic E-state index is -4.11. The third kappa shape index (κ3) is 4.06. The van der Waals surface area contributed by atoms with Crippen molar-refractivity contribution >= 4 is 16.1 Å². The van der Waals surface area contributed by atoms with Crippen molar-refractivity contribution in [2.45, 2.75) is 12.2 Å². The molecule has 0 aliphatic rings. The van der Waals surface area contributed by atoms with Gasteiger partial charge in [0.2, 0.25) is 0 Å². The second-order valence-corrected chi connectivity index (χ2v) is 6.12. The highest BCUT2D eigenvalue weighted by atomic mass is 32.2. The van der Waals surface area contributed by atoms with Crippen LogP contribution in [0.3, 0.4) is 0 Å². The molecule has 2 aromatic carbocycles. The van der Waals surface area contributed by atoms with Crippen molar-refractivity contribution in [3.8, 4) is 11.5 Å². The number of hydrogen-bond donors (Lipinski definition) is 0. The Bertz CT molecular complexity index is 695. The third-order valence-electron chi connectivity index (χ3n) is 2.68. The lowest BCUT2D eigenvalue weighted by Crippen LogP contribution is -2.34. The molecule has 0 amide bonds. The van der Waals surface area contributed by atoms with Gasteiger partial charge in [0.1, 0.15) is 11.5 Å². The molecule has 0 heterocycles. The Hall–Kier alpha value is -2.34. The van der Waals surface area contributed by atoms with Gasteiger partial charge in [0.05, 0.1) is 0 Å². The van der Waals surface area contributed by atoms with E-state index in [1.54, 1.807) is 48.5 Å². The number of hydrogen-bond acceptors (Lipinski definition) is 5. The van der Waals surface area contributed by atoms with Crippen LogP contribution in [0.25, 0.3) is 0 Å². The molecule has 110 valence electrons. The van der Waals surface area contributed by atoms with Crippen LogP contribution >= 0.6 is 0 Å². The van der Waals surface area contributed by atoms with E-state index in [9.17, 15) is 13.2 Å². The smallest absolute Gasteiger partial charge is 0.333 e. The molecule has 0 aliphatic heterocycles. The number of benzene rings is 2. The van der Waals surface area contributed by atoms with Gasteiger partial charge >= 0.3 is 16.1 Å². The number of ether oxygens (including phenoxy) is 1. The molecular formula is C15H14O5S. The maximum absolute atomic E-state index is 12.0. The van der Waals surface area contributed by atoms with Crippen molar-refractivity contribution in [2.75, 3.05) is 0 Å². The Kier molecular flexibility index (Phi) is 4.59. The Morgan fingerprint density at radius 2 is 1.38 bits per heavy atom.